The molecule has 2 aliphatic heterocycles. The smallest absolute Gasteiger partial charge is 0.177 e. The number of benzene rings is 1. The number of aliphatic hydroxyl groups is 2. The molecule has 6 heteroatoms. The number of ketones is 1. The lowest BCUT2D eigenvalue weighted by Crippen LogP contribution is -2.80. The van der Waals surface area contributed by atoms with Crippen LogP contribution in [0.15, 0.2) is 12.1 Å². The molecule has 4 aliphatic rings. The highest BCUT2D eigenvalue weighted by atomic mass is 16.5. The molecule has 1 aromatic carbocycles. The Hall–Kier alpha value is -1.63. The van der Waals surface area contributed by atoms with Crippen LogP contribution in [0.5, 0.6) is 11.5 Å². The Bertz CT molecular complexity index is 749. The molecule has 0 amide bonds. The van der Waals surface area contributed by atoms with Crippen molar-refractivity contribution in [2.75, 3.05) is 13.6 Å². The maximum atomic E-state index is 12.6. The zero-order valence-corrected chi connectivity index (χ0v) is 12.8. The average Bonchev–Trinajstić information content (AvgIpc) is 2.86. The predicted molar refractivity (Wildman–Crippen MR) is 79.5 cm³/mol. The van der Waals surface area contributed by atoms with E-state index in [0.29, 0.717) is 25.1 Å². The van der Waals surface area contributed by atoms with Crippen LogP contribution in [0.1, 0.15) is 24.0 Å². The Morgan fingerprint density at radius 3 is 2.91 bits per heavy atom. The van der Waals surface area contributed by atoms with Gasteiger partial charge in [0, 0.05) is 18.0 Å². The number of likely N-dealkylation sites (N-methyl/N-ethyl adjacent to an activating group) is 1. The van der Waals surface area contributed by atoms with E-state index in [-0.39, 0.29) is 24.0 Å². The van der Waals surface area contributed by atoms with Gasteiger partial charge in [-0.3, -0.25) is 4.79 Å². The van der Waals surface area contributed by atoms with Crippen LogP contribution < -0.4 is 4.74 Å². The quantitative estimate of drug-likeness (QED) is 0.609. The third kappa shape index (κ3) is 1.24. The van der Waals surface area contributed by atoms with Crippen LogP contribution in [0.25, 0.3) is 0 Å². The molecule has 5 rings (SSSR count). The van der Waals surface area contributed by atoms with Crippen molar-refractivity contribution in [2.45, 2.75) is 48.5 Å². The third-order valence-electron chi connectivity index (χ3n) is 6.57. The molecular formula is C17H19NO5. The predicted octanol–water partition coefficient (Wildman–Crippen LogP) is -0.284. The largest absolute Gasteiger partial charge is 0.504 e. The minimum absolute atomic E-state index is 0.00505. The first-order valence-corrected chi connectivity index (χ1v) is 8.06. The third-order valence-corrected chi connectivity index (χ3v) is 6.57. The molecule has 1 spiro atoms. The SMILES string of the molecule is CN1CC[C@]23c4c5ccc(O)c4O[C@H]2C(=O)C[C@H](O)C3(O)C1C5. The lowest BCUT2D eigenvalue weighted by Gasteiger charge is -2.63. The summed E-state index contributed by atoms with van der Waals surface area (Å²) < 4.78 is 5.88. The van der Waals surface area contributed by atoms with Gasteiger partial charge in [-0.25, -0.2) is 0 Å². The standard InChI is InChI=1S/C17H19NO5/c1-18-5-4-16-13-8-2-3-9(19)14(13)23-15(16)10(20)7-12(21)17(16,22)11(18)6-8/h2-3,11-12,15,19,21-22H,4-7H2,1H3/t11?,12-,15-,16-,17?/m0/s1. The number of hydrogen-bond acceptors (Lipinski definition) is 6. The van der Waals surface area contributed by atoms with Gasteiger partial charge in [-0.15, -0.1) is 0 Å². The van der Waals surface area contributed by atoms with Gasteiger partial charge in [0.05, 0.1) is 11.5 Å². The number of carbonyl (C=O) groups excluding carboxylic acids is 1. The van der Waals surface area contributed by atoms with Crippen LogP contribution in [0.4, 0.5) is 0 Å². The number of hydrogen-bond donors (Lipinski definition) is 3. The number of piperidine rings is 1. The van der Waals surface area contributed by atoms with E-state index in [1.54, 1.807) is 6.07 Å². The van der Waals surface area contributed by atoms with Crippen molar-refractivity contribution < 1.29 is 24.9 Å². The summed E-state index contributed by atoms with van der Waals surface area (Å²) in [6, 6.07) is 3.16. The van der Waals surface area contributed by atoms with Gasteiger partial charge < -0.3 is 25.0 Å². The van der Waals surface area contributed by atoms with Crippen molar-refractivity contribution in [3.05, 3.63) is 23.3 Å². The Labute approximate surface area is 133 Å². The van der Waals surface area contributed by atoms with Crippen LogP contribution in [0, 0.1) is 0 Å². The molecule has 0 radical (unpaired) electrons. The van der Waals surface area contributed by atoms with Gasteiger partial charge in [0.1, 0.15) is 5.60 Å². The minimum atomic E-state index is -1.44. The van der Waals surface area contributed by atoms with E-state index in [1.165, 1.54) is 0 Å². The highest BCUT2D eigenvalue weighted by Crippen LogP contribution is 2.64. The second kappa shape index (κ2) is 3.88. The monoisotopic (exact) mass is 317 g/mol. The maximum Gasteiger partial charge on any atom is 0.177 e. The normalized spacial score (nSPS) is 44.0. The fourth-order valence-electron chi connectivity index (χ4n) is 5.58. The lowest BCUT2D eigenvalue weighted by molar-refractivity contribution is -0.226. The summed E-state index contributed by atoms with van der Waals surface area (Å²) in [6.07, 6.45) is -0.970. The molecule has 23 heavy (non-hydrogen) atoms. The second-order valence-electron chi connectivity index (χ2n) is 7.38. The first-order chi connectivity index (χ1) is 10.9. The molecule has 2 heterocycles. The number of carbonyl (C=O) groups is 1. The number of phenolic OH excluding ortho intramolecular Hbond substituents is 1. The topological polar surface area (TPSA) is 90.2 Å². The number of aliphatic hydroxyl groups excluding tert-OH is 1. The van der Waals surface area contributed by atoms with E-state index in [9.17, 15) is 20.1 Å². The second-order valence-corrected chi connectivity index (χ2v) is 7.38. The highest BCUT2D eigenvalue weighted by molar-refractivity contribution is 5.90. The minimum Gasteiger partial charge on any atom is -0.504 e. The van der Waals surface area contributed by atoms with Gasteiger partial charge in [0.2, 0.25) is 0 Å². The van der Waals surface area contributed by atoms with E-state index in [4.69, 9.17) is 4.74 Å². The first-order valence-electron chi connectivity index (χ1n) is 8.06. The highest BCUT2D eigenvalue weighted by Gasteiger charge is 2.75. The number of ether oxygens (including phenoxy) is 1. The van der Waals surface area contributed by atoms with Gasteiger partial charge in [-0.2, -0.15) is 0 Å². The molecule has 0 aromatic heterocycles. The van der Waals surface area contributed by atoms with Crippen molar-refractivity contribution in [3.8, 4) is 11.5 Å². The van der Waals surface area contributed by atoms with Gasteiger partial charge in [-0.1, -0.05) is 6.07 Å². The number of likely N-dealkylation sites (tertiary alicyclic amines) is 1. The molecule has 1 saturated heterocycles. The van der Waals surface area contributed by atoms with Crippen LogP contribution in [0.3, 0.4) is 0 Å². The fourth-order valence-corrected chi connectivity index (χ4v) is 5.58. The summed E-state index contributed by atoms with van der Waals surface area (Å²) >= 11 is 0. The maximum absolute atomic E-state index is 12.6. The Morgan fingerprint density at radius 1 is 1.35 bits per heavy atom. The van der Waals surface area contributed by atoms with Crippen molar-refractivity contribution >= 4 is 5.78 Å². The Morgan fingerprint density at radius 2 is 2.13 bits per heavy atom. The van der Waals surface area contributed by atoms with Gasteiger partial charge in [0.15, 0.2) is 23.4 Å². The molecule has 2 aliphatic carbocycles. The molecule has 2 unspecified atom stereocenters. The molecular weight excluding hydrogens is 298 g/mol. The molecule has 3 N–H and O–H groups in total. The van der Waals surface area contributed by atoms with Gasteiger partial charge >= 0.3 is 0 Å². The Balaban J connectivity index is 1.89. The number of rotatable bonds is 0. The van der Waals surface area contributed by atoms with Gasteiger partial charge in [-0.05, 0) is 38.1 Å². The van der Waals surface area contributed by atoms with Crippen molar-refractivity contribution in [3.63, 3.8) is 0 Å². The van der Waals surface area contributed by atoms with Crippen LogP contribution in [0.2, 0.25) is 0 Å². The van der Waals surface area contributed by atoms with Crippen molar-refractivity contribution in [1.82, 2.24) is 4.90 Å². The van der Waals surface area contributed by atoms with Crippen molar-refractivity contribution in [1.29, 1.82) is 0 Å². The molecule has 1 saturated carbocycles. The fraction of sp³-hybridized carbons (Fsp3) is 0.588. The van der Waals surface area contributed by atoms with Crippen LogP contribution in [-0.4, -0.2) is 63.4 Å². The van der Waals surface area contributed by atoms with Crippen LogP contribution in [-0.2, 0) is 16.6 Å². The van der Waals surface area contributed by atoms with E-state index < -0.39 is 23.2 Å². The van der Waals surface area contributed by atoms with E-state index >= 15 is 0 Å². The van der Waals surface area contributed by atoms with E-state index in [1.807, 2.05) is 13.1 Å². The number of aromatic hydroxyl groups is 1. The molecule has 1 aromatic rings. The number of nitrogens with zero attached hydrogens (tertiary/aromatic N) is 1. The summed E-state index contributed by atoms with van der Waals surface area (Å²) in [7, 11) is 1.94. The summed E-state index contributed by atoms with van der Waals surface area (Å²) in [5.41, 5.74) is -0.671. The summed E-state index contributed by atoms with van der Waals surface area (Å²) in [4.78, 5) is 14.6. The van der Waals surface area contributed by atoms with E-state index in [0.717, 1.165) is 11.1 Å². The lowest BCUT2D eigenvalue weighted by atomic mass is 9.48. The molecule has 2 bridgehead atoms. The zero-order valence-electron chi connectivity index (χ0n) is 12.8. The van der Waals surface area contributed by atoms with E-state index in [2.05, 4.69) is 4.90 Å². The van der Waals surface area contributed by atoms with Crippen molar-refractivity contribution in [2.24, 2.45) is 0 Å². The molecule has 6 nitrogen and oxygen atoms in total. The number of Topliss-reactive ketones (excluding diaryl/α,β-unsaturated/α-hetero) is 1. The first kappa shape index (κ1) is 13.8. The Kier molecular flexibility index (Phi) is 2.33. The van der Waals surface area contributed by atoms with Gasteiger partial charge in [0.25, 0.3) is 0 Å². The summed E-state index contributed by atoms with van der Waals surface area (Å²) in [5.74, 6) is 0.111. The van der Waals surface area contributed by atoms with Crippen LogP contribution >= 0.6 is 0 Å². The zero-order chi connectivity index (χ0) is 16.1. The summed E-state index contributed by atoms with van der Waals surface area (Å²) in [5, 5.41) is 32.5. The molecule has 5 atom stereocenters. The molecule has 122 valence electrons. The molecule has 2 fully saturated rings. The average molecular weight is 317 g/mol. The summed E-state index contributed by atoms with van der Waals surface area (Å²) in [6.45, 7) is 0.710. The number of phenols is 1.